The van der Waals surface area contributed by atoms with Crippen LogP contribution in [0.25, 0.3) is 0 Å². The van der Waals surface area contributed by atoms with Crippen LogP contribution < -0.4 is 5.32 Å². The van der Waals surface area contributed by atoms with Gasteiger partial charge in [0.2, 0.25) is 0 Å². The predicted molar refractivity (Wildman–Crippen MR) is 86.1 cm³/mol. The number of rotatable bonds is 5. The number of carbonyl (C=O) groups is 1. The normalized spacial score (nSPS) is 11.7. The Morgan fingerprint density at radius 2 is 2.24 bits per heavy atom. The largest absolute Gasteiger partial charge is 0.384 e. The first-order valence-corrected chi connectivity index (χ1v) is 7.98. The van der Waals surface area contributed by atoms with Gasteiger partial charge in [-0.15, -0.1) is 11.3 Å². The maximum atomic E-state index is 12.1. The quantitative estimate of drug-likeness (QED) is 0.861. The van der Waals surface area contributed by atoms with Gasteiger partial charge in [-0.25, -0.2) is 0 Å². The molecule has 0 aliphatic heterocycles. The number of hydrogen-bond acceptors (Lipinski definition) is 5. The van der Waals surface area contributed by atoms with E-state index in [0.29, 0.717) is 23.1 Å². The lowest BCUT2D eigenvalue weighted by Gasteiger charge is -2.19. The van der Waals surface area contributed by atoms with Crippen molar-refractivity contribution in [2.24, 2.45) is 0 Å². The van der Waals surface area contributed by atoms with E-state index in [2.05, 4.69) is 26.4 Å². The number of methoxy groups -OCH3 is 1. The molecular formula is C14H17BrN2O3S. The van der Waals surface area contributed by atoms with Crippen molar-refractivity contribution in [3.63, 3.8) is 0 Å². The molecule has 2 aromatic rings. The summed E-state index contributed by atoms with van der Waals surface area (Å²) in [6.07, 6.45) is 0. The summed E-state index contributed by atoms with van der Waals surface area (Å²) in [6, 6.07) is 3.56. The van der Waals surface area contributed by atoms with Crippen molar-refractivity contribution in [3.8, 4) is 0 Å². The fraction of sp³-hybridized carbons (Fsp3) is 0.429. The van der Waals surface area contributed by atoms with Crippen LogP contribution in [-0.2, 0) is 10.2 Å². The molecule has 1 N–H and O–H groups in total. The van der Waals surface area contributed by atoms with Crippen molar-refractivity contribution in [3.05, 3.63) is 32.1 Å². The number of aromatic nitrogens is 1. The highest BCUT2D eigenvalue weighted by atomic mass is 79.9. The molecular weight excluding hydrogens is 356 g/mol. The molecule has 114 valence electrons. The van der Waals surface area contributed by atoms with E-state index in [4.69, 9.17) is 9.26 Å². The van der Waals surface area contributed by atoms with E-state index in [0.717, 1.165) is 9.35 Å². The highest BCUT2D eigenvalue weighted by Gasteiger charge is 2.26. The van der Waals surface area contributed by atoms with Gasteiger partial charge in [-0.1, -0.05) is 19.0 Å². The maximum absolute atomic E-state index is 12.1. The van der Waals surface area contributed by atoms with Gasteiger partial charge in [-0.2, -0.15) is 0 Å². The fourth-order valence-electron chi connectivity index (χ4n) is 1.83. The topological polar surface area (TPSA) is 64.4 Å². The van der Waals surface area contributed by atoms with E-state index in [-0.39, 0.29) is 11.3 Å². The van der Waals surface area contributed by atoms with Crippen LogP contribution in [0.2, 0.25) is 0 Å². The van der Waals surface area contributed by atoms with Gasteiger partial charge in [0.25, 0.3) is 5.91 Å². The minimum atomic E-state index is -0.298. The van der Waals surface area contributed by atoms with Gasteiger partial charge < -0.3 is 14.6 Å². The molecule has 0 unspecified atom stereocenters. The van der Waals surface area contributed by atoms with Gasteiger partial charge in [0, 0.05) is 18.6 Å². The lowest BCUT2D eigenvalue weighted by atomic mass is 9.91. The smallest absolute Gasteiger partial charge is 0.267 e. The number of carbonyl (C=O) groups excluding carboxylic acids is 1. The number of nitrogens with one attached hydrogen (secondary N) is 1. The van der Waals surface area contributed by atoms with Crippen molar-refractivity contribution in [1.29, 1.82) is 0 Å². The minimum Gasteiger partial charge on any atom is -0.384 e. The van der Waals surface area contributed by atoms with Gasteiger partial charge >= 0.3 is 0 Å². The first-order chi connectivity index (χ1) is 9.83. The van der Waals surface area contributed by atoms with Gasteiger partial charge in [0.15, 0.2) is 5.82 Å². The molecule has 0 bridgehead atoms. The Morgan fingerprint density at radius 1 is 1.52 bits per heavy atom. The average molecular weight is 373 g/mol. The zero-order chi connectivity index (χ0) is 15.6. The predicted octanol–water partition coefficient (Wildman–Crippen LogP) is 3.98. The van der Waals surface area contributed by atoms with E-state index in [1.54, 1.807) is 13.2 Å². The standard InChI is InChI=1S/C14H17BrN2O3S/c1-8-5-9(21-12(8)15)13(18)16-11-6-10(20-17-11)14(2,3)7-19-4/h5-6H,7H2,1-4H3,(H,16,17,18). The summed E-state index contributed by atoms with van der Waals surface area (Å²) in [5.41, 5.74) is 0.736. The molecule has 0 aliphatic carbocycles. The fourth-order valence-corrected chi connectivity index (χ4v) is 3.26. The number of thiophene rings is 1. The van der Waals surface area contributed by atoms with E-state index >= 15 is 0 Å². The zero-order valence-electron chi connectivity index (χ0n) is 12.3. The number of hydrogen-bond donors (Lipinski definition) is 1. The Labute approximate surface area is 135 Å². The number of amides is 1. The summed E-state index contributed by atoms with van der Waals surface area (Å²) < 4.78 is 11.4. The first kappa shape index (κ1) is 16.2. The molecule has 0 aromatic carbocycles. The second-order valence-corrected chi connectivity index (χ2v) is 7.78. The third-order valence-electron chi connectivity index (χ3n) is 3.00. The SMILES string of the molecule is COCC(C)(C)c1cc(NC(=O)c2cc(C)c(Br)s2)no1. The van der Waals surface area contributed by atoms with Crippen molar-refractivity contribution in [2.45, 2.75) is 26.2 Å². The highest BCUT2D eigenvalue weighted by Crippen LogP contribution is 2.29. The molecule has 0 saturated heterocycles. The number of ether oxygens (including phenoxy) is 1. The molecule has 0 spiro atoms. The van der Waals surface area contributed by atoms with Crippen molar-refractivity contribution < 1.29 is 14.1 Å². The van der Waals surface area contributed by atoms with Crippen LogP contribution in [0, 0.1) is 6.92 Å². The lowest BCUT2D eigenvalue weighted by molar-refractivity contribution is 0.102. The summed E-state index contributed by atoms with van der Waals surface area (Å²) in [5.74, 6) is 0.878. The molecule has 2 rings (SSSR count). The van der Waals surface area contributed by atoms with E-state index in [1.165, 1.54) is 11.3 Å². The minimum absolute atomic E-state index is 0.196. The molecule has 5 nitrogen and oxygen atoms in total. The molecule has 0 atom stereocenters. The van der Waals surface area contributed by atoms with E-state index < -0.39 is 0 Å². The second-order valence-electron chi connectivity index (χ2n) is 5.41. The van der Waals surface area contributed by atoms with E-state index in [1.807, 2.05) is 26.8 Å². The molecule has 2 aromatic heterocycles. The zero-order valence-corrected chi connectivity index (χ0v) is 14.7. The second kappa shape index (κ2) is 6.29. The Morgan fingerprint density at radius 3 is 2.81 bits per heavy atom. The summed E-state index contributed by atoms with van der Waals surface area (Å²) in [4.78, 5) is 12.8. The number of nitrogens with zero attached hydrogens (tertiary/aromatic N) is 1. The molecule has 7 heteroatoms. The molecule has 1 amide bonds. The summed E-state index contributed by atoms with van der Waals surface area (Å²) >= 11 is 4.80. The molecule has 0 radical (unpaired) electrons. The van der Waals surface area contributed by atoms with E-state index in [9.17, 15) is 4.79 Å². The van der Waals surface area contributed by atoms with Crippen LogP contribution in [0.5, 0.6) is 0 Å². The van der Waals surface area contributed by atoms with Crippen molar-refractivity contribution >= 4 is 39.0 Å². The van der Waals surface area contributed by atoms with Crippen molar-refractivity contribution in [1.82, 2.24) is 5.16 Å². The summed E-state index contributed by atoms with van der Waals surface area (Å²) in [7, 11) is 1.64. The van der Waals surface area contributed by atoms with Crippen LogP contribution in [-0.4, -0.2) is 24.8 Å². The Bertz CT molecular complexity index is 629. The van der Waals surface area contributed by atoms with Crippen LogP contribution in [0.15, 0.2) is 20.4 Å². The molecule has 0 aliphatic rings. The van der Waals surface area contributed by atoms with Crippen LogP contribution in [0.3, 0.4) is 0 Å². The van der Waals surface area contributed by atoms with Gasteiger partial charge in [0.05, 0.1) is 15.3 Å². The maximum Gasteiger partial charge on any atom is 0.267 e. The van der Waals surface area contributed by atoms with Crippen molar-refractivity contribution in [2.75, 3.05) is 19.0 Å². The highest BCUT2D eigenvalue weighted by molar-refractivity contribution is 9.11. The van der Waals surface area contributed by atoms with Gasteiger partial charge in [-0.3, -0.25) is 4.79 Å². The molecule has 21 heavy (non-hydrogen) atoms. The summed E-state index contributed by atoms with van der Waals surface area (Å²) in [6.45, 7) is 6.43. The number of aryl methyl sites for hydroxylation is 1. The number of anilines is 1. The van der Waals surface area contributed by atoms with Crippen LogP contribution in [0.4, 0.5) is 5.82 Å². The van der Waals surface area contributed by atoms with Gasteiger partial charge in [-0.05, 0) is 34.5 Å². The Kier molecular flexibility index (Phi) is 4.85. The number of halogens is 1. The van der Waals surface area contributed by atoms with Gasteiger partial charge in [0.1, 0.15) is 5.76 Å². The third kappa shape index (κ3) is 3.72. The lowest BCUT2D eigenvalue weighted by Crippen LogP contribution is -2.22. The van der Waals surface area contributed by atoms with Crippen LogP contribution in [0.1, 0.15) is 34.8 Å². The Hall–Kier alpha value is -1.18. The average Bonchev–Trinajstić information content (AvgIpc) is 2.98. The molecule has 0 saturated carbocycles. The Balaban J connectivity index is 2.10. The first-order valence-electron chi connectivity index (χ1n) is 6.37. The van der Waals surface area contributed by atoms with Crippen LogP contribution >= 0.6 is 27.3 Å². The monoisotopic (exact) mass is 372 g/mol. The summed E-state index contributed by atoms with van der Waals surface area (Å²) in [5, 5.41) is 6.63. The third-order valence-corrected chi connectivity index (χ3v) is 5.14. The molecule has 2 heterocycles. The molecule has 0 fully saturated rings.